The Labute approximate surface area is 129 Å². The van der Waals surface area contributed by atoms with Gasteiger partial charge in [-0.1, -0.05) is 32.8 Å². The van der Waals surface area contributed by atoms with Crippen LogP contribution in [0.5, 0.6) is 0 Å². The second kappa shape index (κ2) is 6.45. The van der Waals surface area contributed by atoms with Crippen molar-refractivity contribution >= 4 is 0 Å². The molecule has 1 saturated carbocycles. The van der Waals surface area contributed by atoms with E-state index in [-0.39, 0.29) is 0 Å². The number of nitrogens with one attached hydrogen (secondary N) is 1. The van der Waals surface area contributed by atoms with Gasteiger partial charge in [0.1, 0.15) is 0 Å². The summed E-state index contributed by atoms with van der Waals surface area (Å²) in [6.07, 6.45) is 9.73. The van der Waals surface area contributed by atoms with Gasteiger partial charge in [-0.15, -0.1) is 0 Å². The summed E-state index contributed by atoms with van der Waals surface area (Å²) < 4.78 is 0. The number of aryl methyl sites for hydroxylation is 1. The molecule has 0 amide bonds. The summed E-state index contributed by atoms with van der Waals surface area (Å²) in [4.78, 5) is 7.36. The highest BCUT2D eigenvalue weighted by Gasteiger charge is 2.40. The van der Waals surface area contributed by atoms with E-state index in [9.17, 15) is 0 Å². The van der Waals surface area contributed by atoms with Gasteiger partial charge in [0.25, 0.3) is 0 Å². The lowest BCUT2D eigenvalue weighted by molar-refractivity contribution is 0.0705. The van der Waals surface area contributed by atoms with Crippen LogP contribution in [-0.2, 0) is 13.0 Å². The summed E-state index contributed by atoms with van der Waals surface area (Å²) in [6.45, 7) is 7.90. The van der Waals surface area contributed by atoms with E-state index in [0.29, 0.717) is 11.6 Å². The van der Waals surface area contributed by atoms with Gasteiger partial charge in [0.05, 0.1) is 5.69 Å². The van der Waals surface area contributed by atoms with Gasteiger partial charge in [0.15, 0.2) is 0 Å². The van der Waals surface area contributed by atoms with Gasteiger partial charge in [0, 0.05) is 37.4 Å². The van der Waals surface area contributed by atoms with E-state index in [4.69, 9.17) is 0 Å². The Balaban J connectivity index is 1.77. The highest BCUT2D eigenvalue weighted by atomic mass is 15.3. The summed E-state index contributed by atoms with van der Waals surface area (Å²) in [6, 6.07) is 4.95. The Kier molecular flexibility index (Phi) is 4.60. The summed E-state index contributed by atoms with van der Waals surface area (Å²) in [5, 5.41) is 3.88. The molecule has 0 bridgehead atoms. The molecule has 0 radical (unpaired) electrons. The van der Waals surface area contributed by atoms with E-state index in [0.717, 1.165) is 19.5 Å². The van der Waals surface area contributed by atoms with Gasteiger partial charge >= 0.3 is 0 Å². The van der Waals surface area contributed by atoms with Crippen LogP contribution >= 0.6 is 0 Å². The third-order valence-electron chi connectivity index (χ3n) is 5.49. The molecular formula is C18H29N3. The van der Waals surface area contributed by atoms with Crippen LogP contribution < -0.4 is 5.32 Å². The molecule has 1 aliphatic heterocycles. The molecule has 1 N–H and O–H groups in total. The average Bonchev–Trinajstić information content (AvgIpc) is 2.96. The zero-order valence-corrected chi connectivity index (χ0v) is 13.6. The lowest BCUT2D eigenvalue weighted by atomic mass is 9.91. The second-order valence-electron chi connectivity index (χ2n) is 6.80. The standard InChI is InChI=1S/C18H29N3/c1-3-15-8-7-11-19-17(15)13-21-14-18(9-5-6-10-18)20-12-16(21)4-2/h7-8,11,16,20H,3-6,9-10,12-14H2,1-2H3. The minimum Gasteiger partial charge on any atom is -0.308 e. The molecule has 1 aromatic heterocycles. The van der Waals surface area contributed by atoms with Gasteiger partial charge < -0.3 is 5.32 Å². The van der Waals surface area contributed by atoms with Crippen LogP contribution in [0.3, 0.4) is 0 Å². The molecule has 3 nitrogen and oxygen atoms in total. The predicted molar refractivity (Wildman–Crippen MR) is 87.3 cm³/mol. The fourth-order valence-corrected chi connectivity index (χ4v) is 4.14. The van der Waals surface area contributed by atoms with Gasteiger partial charge in [-0.05, 0) is 37.3 Å². The molecule has 116 valence electrons. The first kappa shape index (κ1) is 15.0. The van der Waals surface area contributed by atoms with Crippen molar-refractivity contribution in [3.05, 3.63) is 29.6 Å². The SMILES string of the molecule is CCc1cccnc1CN1CC2(CCCC2)NCC1CC. The zero-order chi connectivity index (χ0) is 14.7. The van der Waals surface area contributed by atoms with E-state index in [1.54, 1.807) is 0 Å². The molecule has 2 aliphatic rings. The highest BCUT2D eigenvalue weighted by molar-refractivity contribution is 5.20. The molecule has 3 heteroatoms. The van der Waals surface area contributed by atoms with Crippen LogP contribution in [0.25, 0.3) is 0 Å². The van der Waals surface area contributed by atoms with Crippen molar-refractivity contribution in [2.45, 2.75) is 70.5 Å². The van der Waals surface area contributed by atoms with Crippen molar-refractivity contribution in [3.63, 3.8) is 0 Å². The van der Waals surface area contributed by atoms with Crippen LogP contribution in [0.1, 0.15) is 57.2 Å². The Morgan fingerprint density at radius 2 is 2.14 bits per heavy atom. The molecule has 1 aromatic rings. The average molecular weight is 287 g/mol. The summed E-state index contributed by atoms with van der Waals surface area (Å²) in [7, 11) is 0. The molecule has 1 unspecified atom stereocenters. The van der Waals surface area contributed by atoms with Gasteiger partial charge in [-0.2, -0.15) is 0 Å². The summed E-state index contributed by atoms with van der Waals surface area (Å²) in [5.74, 6) is 0. The second-order valence-corrected chi connectivity index (χ2v) is 6.80. The van der Waals surface area contributed by atoms with Crippen molar-refractivity contribution in [1.29, 1.82) is 0 Å². The Morgan fingerprint density at radius 1 is 1.33 bits per heavy atom. The Hall–Kier alpha value is -0.930. The highest BCUT2D eigenvalue weighted by Crippen LogP contribution is 2.34. The predicted octanol–water partition coefficient (Wildman–Crippen LogP) is 3.14. The maximum atomic E-state index is 4.67. The van der Waals surface area contributed by atoms with E-state index in [1.165, 1.54) is 49.9 Å². The molecule has 1 atom stereocenters. The van der Waals surface area contributed by atoms with Crippen LogP contribution in [0.2, 0.25) is 0 Å². The van der Waals surface area contributed by atoms with Crippen molar-refractivity contribution in [3.8, 4) is 0 Å². The molecule has 1 spiro atoms. The Morgan fingerprint density at radius 3 is 2.86 bits per heavy atom. The van der Waals surface area contributed by atoms with E-state index in [1.807, 2.05) is 6.20 Å². The molecular weight excluding hydrogens is 258 g/mol. The number of hydrogen-bond donors (Lipinski definition) is 1. The van der Waals surface area contributed by atoms with E-state index >= 15 is 0 Å². The quantitative estimate of drug-likeness (QED) is 0.922. The van der Waals surface area contributed by atoms with Gasteiger partial charge in [-0.3, -0.25) is 9.88 Å². The third kappa shape index (κ3) is 3.14. The Bertz CT molecular complexity index is 465. The largest absolute Gasteiger partial charge is 0.308 e. The fourth-order valence-electron chi connectivity index (χ4n) is 4.14. The van der Waals surface area contributed by atoms with E-state index in [2.05, 4.69) is 41.2 Å². The maximum absolute atomic E-state index is 4.67. The molecule has 1 aliphatic carbocycles. The molecule has 2 heterocycles. The number of pyridine rings is 1. The molecule has 3 rings (SSSR count). The lowest BCUT2D eigenvalue weighted by Crippen LogP contribution is -2.62. The molecule has 0 aromatic carbocycles. The van der Waals surface area contributed by atoms with Crippen LogP contribution in [0.15, 0.2) is 18.3 Å². The molecule has 2 fully saturated rings. The first-order chi connectivity index (χ1) is 10.3. The minimum atomic E-state index is 0.396. The first-order valence-electron chi connectivity index (χ1n) is 8.68. The minimum absolute atomic E-state index is 0.396. The third-order valence-corrected chi connectivity index (χ3v) is 5.49. The number of hydrogen-bond acceptors (Lipinski definition) is 3. The number of aromatic nitrogens is 1. The first-order valence-corrected chi connectivity index (χ1v) is 8.68. The van der Waals surface area contributed by atoms with Crippen molar-refractivity contribution in [2.24, 2.45) is 0 Å². The number of rotatable bonds is 4. The van der Waals surface area contributed by atoms with Gasteiger partial charge in [-0.25, -0.2) is 0 Å². The van der Waals surface area contributed by atoms with Crippen molar-refractivity contribution in [2.75, 3.05) is 13.1 Å². The summed E-state index contributed by atoms with van der Waals surface area (Å²) in [5.41, 5.74) is 3.09. The molecule has 1 saturated heterocycles. The topological polar surface area (TPSA) is 28.2 Å². The van der Waals surface area contributed by atoms with Crippen LogP contribution in [0, 0.1) is 0 Å². The normalized spacial score (nSPS) is 25.5. The smallest absolute Gasteiger partial charge is 0.0575 e. The maximum Gasteiger partial charge on any atom is 0.0575 e. The van der Waals surface area contributed by atoms with Crippen molar-refractivity contribution < 1.29 is 0 Å². The summed E-state index contributed by atoms with van der Waals surface area (Å²) >= 11 is 0. The zero-order valence-electron chi connectivity index (χ0n) is 13.6. The monoisotopic (exact) mass is 287 g/mol. The van der Waals surface area contributed by atoms with E-state index < -0.39 is 0 Å². The van der Waals surface area contributed by atoms with Gasteiger partial charge in [0.2, 0.25) is 0 Å². The lowest BCUT2D eigenvalue weighted by Gasteiger charge is -2.46. The van der Waals surface area contributed by atoms with Crippen molar-refractivity contribution in [1.82, 2.24) is 15.2 Å². The molecule has 21 heavy (non-hydrogen) atoms. The number of nitrogens with zero attached hydrogens (tertiary/aromatic N) is 2. The number of piperazine rings is 1. The van der Waals surface area contributed by atoms with Crippen LogP contribution in [-0.4, -0.2) is 34.6 Å². The van der Waals surface area contributed by atoms with Crippen LogP contribution in [0.4, 0.5) is 0 Å². The fraction of sp³-hybridized carbons (Fsp3) is 0.722.